The molecule has 114 valence electrons. The summed E-state index contributed by atoms with van der Waals surface area (Å²) in [6, 6.07) is 2.80. The average Bonchev–Trinajstić information content (AvgIpc) is 2.37. The van der Waals surface area contributed by atoms with Gasteiger partial charge in [0, 0.05) is 17.7 Å². The molecule has 0 saturated heterocycles. The Bertz CT molecular complexity index is 429. The fourth-order valence-corrected chi connectivity index (χ4v) is 2.22. The second kappa shape index (κ2) is 8.49. The number of rotatable bonds is 8. The number of nitrogens with one attached hydrogen (secondary N) is 1. The lowest BCUT2D eigenvalue weighted by molar-refractivity contribution is 0.0144. The van der Waals surface area contributed by atoms with Gasteiger partial charge >= 0.3 is 0 Å². The Morgan fingerprint density at radius 3 is 2.65 bits per heavy atom. The van der Waals surface area contributed by atoms with Crippen molar-refractivity contribution in [1.82, 2.24) is 5.32 Å². The smallest absolute Gasteiger partial charge is 0.261 e. The molecule has 0 spiro atoms. The molecule has 1 atom stereocenters. The maximum absolute atomic E-state index is 13.4. The summed E-state index contributed by atoms with van der Waals surface area (Å²) in [5, 5.41) is 3.53. The minimum atomic E-state index is -2.47. The van der Waals surface area contributed by atoms with Gasteiger partial charge in [-0.25, -0.2) is 13.2 Å². The third-order valence-electron chi connectivity index (χ3n) is 2.90. The van der Waals surface area contributed by atoms with E-state index in [1.807, 2.05) is 6.92 Å². The van der Waals surface area contributed by atoms with E-state index in [-0.39, 0.29) is 18.5 Å². The van der Waals surface area contributed by atoms with Gasteiger partial charge in [-0.05, 0) is 37.1 Å². The highest BCUT2D eigenvalue weighted by Gasteiger charge is 2.16. The zero-order valence-electron chi connectivity index (χ0n) is 11.6. The third kappa shape index (κ3) is 5.31. The van der Waals surface area contributed by atoms with E-state index in [2.05, 4.69) is 5.32 Å². The van der Waals surface area contributed by atoms with Gasteiger partial charge in [0.1, 0.15) is 12.4 Å². The number of ether oxygens (including phenoxy) is 1. The Kier molecular flexibility index (Phi) is 7.34. The van der Waals surface area contributed by atoms with Gasteiger partial charge in [-0.15, -0.1) is 0 Å². The van der Waals surface area contributed by atoms with Crippen LogP contribution in [0, 0.1) is 12.7 Å². The molecule has 0 aliphatic rings. The topological polar surface area (TPSA) is 21.3 Å². The number of hydrogen-bond acceptors (Lipinski definition) is 2. The lowest BCUT2D eigenvalue weighted by Crippen LogP contribution is -2.23. The Balaban J connectivity index is 2.72. The molecule has 0 aliphatic heterocycles. The molecule has 0 aliphatic carbocycles. The van der Waals surface area contributed by atoms with Crippen molar-refractivity contribution in [1.29, 1.82) is 0 Å². The van der Waals surface area contributed by atoms with Crippen molar-refractivity contribution >= 4 is 11.6 Å². The first-order valence-electron chi connectivity index (χ1n) is 6.50. The molecule has 0 fully saturated rings. The van der Waals surface area contributed by atoms with Gasteiger partial charge in [0.15, 0.2) is 0 Å². The normalized spacial score (nSPS) is 12.9. The first-order valence-corrected chi connectivity index (χ1v) is 6.88. The summed E-state index contributed by atoms with van der Waals surface area (Å²) < 4.78 is 42.2. The number of benzene rings is 1. The number of halogens is 4. The Hall–Kier alpha value is -0.780. The van der Waals surface area contributed by atoms with Crippen molar-refractivity contribution in [2.45, 2.75) is 32.7 Å². The van der Waals surface area contributed by atoms with Gasteiger partial charge in [0.25, 0.3) is 6.43 Å². The molecule has 1 N–H and O–H groups in total. The quantitative estimate of drug-likeness (QED) is 0.730. The van der Waals surface area contributed by atoms with Crippen molar-refractivity contribution in [3.8, 4) is 0 Å². The summed E-state index contributed by atoms with van der Waals surface area (Å²) in [6.07, 6.45) is -1.98. The fraction of sp³-hybridized carbons (Fsp3) is 0.571. The second-order valence-corrected chi connectivity index (χ2v) is 4.90. The average molecular weight is 310 g/mol. The van der Waals surface area contributed by atoms with E-state index in [1.165, 1.54) is 6.07 Å². The molecule has 0 saturated carbocycles. The van der Waals surface area contributed by atoms with Gasteiger partial charge in [-0.1, -0.05) is 24.6 Å². The lowest BCUT2D eigenvalue weighted by Gasteiger charge is -2.20. The second-order valence-electron chi connectivity index (χ2n) is 4.49. The Morgan fingerprint density at radius 2 is 2.05 bits per heavy atom. The maximum atomic E-state index is 13.4. The van der Waals surface area contributed by atoms with E-state index in [1.54, 1.807) is 13.0 Å². The molecule has 0 aromatic heterocycles. The van der Waals surface area contributed by atoms with Crippen LogP contribution in [0.5, 0.6) is 0 Å². The molecule has 0 bridgehead atoms. The number of alkyl halides is 2. The Labute approximate surface area is 122 Å². The highest BCUT2D eigenvalue weighted by atomic mass is 35.5. The van der Waals surface area contributed by atoms with Crippen LogP contribution < -0.4 is 5.32 Å². The first kappa shape index (κ1) is 17.3. The largest absolute Gasteiger partial charge is 0.375 e. The zero-order chi connectivity index (χ0) is 15.1. The van der Waals surface area contributed by atoms with Crippen molar-refractivity contribution in [3.63, 3.8) is 0 Å². The minimum Gasteiger partial charge on any atom is -0.375 e. The van der Waals surface area contributed by atoms with Crippen LogP contribution in [0.3, 0.4) is 0 Å². The van der Waals surface area contributed by atoms with Gasteiger partial charge in [-0.2, -0.15) is 0 Å². The highest BCUT2D eigenvalue weighted by molar-refractivity contribution is 6.31. The molecule has 0 radical (unpaired) electrons. The lowest BCUT2D eigenvalue weighted by atomic mass is 10.0. The summed E-state index contributed by atoms with van der Waals surface area (Å²) >= 11 is 6.05. The molecule has 1 unspecified atom stereocenters. The summed E-state index contributed by atoms with van der Waals surface area (Å²) in [6.45, 7) is 3.89. The van der Waals surface area contributed by atoms with Gasteiger partial charge in [0.05, 0.1) is 0 Å². The van der Waals surface area contributed by atoms with E-state index in [4.69, 9.17) is 16.3 Å². The Morgan fingerprint density at radius 1 is 1.35 bits per heavy atom. The zero-order valence-corrected chi connectivity index (χ0v) is 12.3. The van der Waals surface area contributed by atoms with Crippen LogP contribution in [0.2, 0.25) is 5.02 Å². The summed E-state index contributed by atoms with van der Waals surface area (Å²) in [5.74, 6) is -0.358. The van der Waals surface area contributed by atoms with Crippen LogP contribution in [0.25, 0.3) is 0 Å². The SMILES string of the molecule is CCNC(CCOCC(F)F)c1cc(C)c(F)cc1Cl. The molecule has 6 heteroatoms. The standard InChI is InChI=1S/C14H19ClF3NO/c1-3-19-13(4-5-20-8-14(17)18)10-6-9(2)12(16)7-11(10)15/h6-7,13-14,19H,3-5,8H2,1-2H3. The van der Waals surface area contributed by atoms with E-state index in [0.717, 1.165) is 5.56 Å². The van der Waals surface area contributed by atoms with Crippen molar-refractivity contribution < 1.29 is 17.9 Å². The minimum absolute atomic E-state index is 0.149. The van der Waals surface area contributed by atoms with E-state index in [0.29, 0.717) is 23.6 Å². The van der Waals surface area contributed by atoms with Crippen LogP contribution >= 0.6 is 11.6 Å². The summed E-state index contributed by atoms with van der Waals surface area (Å²) in [5.41, 5.74) is 1.26. The van der Waals surface area contributed by atoms with Crippen LogP contribution in [0.1, 0.15) is 30.5 Å². The molecule has 0 heterocycles. The highest BCUT2D eigenvalue weighted by Crippen LogP contribution is 2.28. The monoisotopic (exact) mass is 309 g/mol. The molecule has 0 amide bonds. The van der Waals surface area contributed by atoms with Gasteiger partial charge in [-0.3, -0.25) is 0 Å². The predicted octanol–water partition coefficient (Wildman–Crippen LogP) is 4.11. The van der Waals surface area contributed by atoms with Crippen molar-refractivity contribution in [2.24, 2.45) is 0 Å². The number of hydrogen-bond donors (Lipinski definition) is 1. The molecule has 2 nitrogen and oxygen atoms in total. The summed E-state index contributed by atoms with van der Waals surface area (Å²) in [7, 11) is 0. The van der Waals surface area contributed by atoms with E-state index < -0.39 is 13.0 Å². The van der Waals surface area contributed by atoms with Gasteiger partial charge < -0.3 is 10.1 Å². The van der Waals surface area contributed by atoms with Crippen LogP contribution in [0.15, 0.2) is 12.1 Å². The van der Waals surface area contributed by atoms with E-state index >= 15 is 0 Å². The molecular formula is C14H19ClF3NO. The van der Waals surface area contributed by atoms with Gasteiger partial charge in [0.2, 0.25) is 0 Å². The van der Waals surface area contributed by atoms with Crippen LogP contribution in [0.4, 0.5) is 13.2 Å². The molecule has 20 heavy (non-hydrogen) atoms. The van der Waals surface area contributed by atoms with Crippen LogP contribution in [-0.4, -0.2) is 26.2 Å². The molecule has 1 rings (SSSR count). The maximum Gasteiger partial charge on any atom is 0.261 e. The van der Waals surface area contributed by atoms with E-state index in [9.17, 15) is 13.2 Å². The molecular weight excluding hydrogens is 291 g/mol. The fourth-order valence-electron chi connectivity index (χ4n) is 1.93. The van der Waals surface area contributed by atoms with Crippen LogP contribution in [-0.2, 0) is 4.74 Å². The number of aryl methyl sites for hydroxylation is 1. The third-order valence-corrected chi connectivity index (χ3v) is 3.23. The van der Waals surface area contributed by atoms with Crippen molar-refractivity contribution in [3.05, 3.63) is 34.1 Å². The first-order chi connectivity index (χ1) is 9.45. The summed E-state index contributed by atoms with van der Waals surface area (Å²) in [4.78, 5) is 0. The molecule has 1 aromatic rings. The molecule has 1 aromatic carbocycles. The van der Waals surface area contributed by atoms with Crippen molar-refractivity contribution in [2.75, 3.05) is 19.8 Å². The predicted molar refractivity (Wildman–Crippen MR) is 74.0 cm³/mol.